The molecule has 3 heteroatoms. The minimum Gasteiger partial charge on any atom is -0.311 e. The van der Waals surface area contributed by atoms with E-state index in [1.165, 1.54) is 176 Å². The van der Waals surface area contributed by atoms with Crippen molar-refractivity contribution in [2.45, 2.75) is 0 Å². The summed E-state index contributed by atoms with van der Waals surface area (Å²) >= 11 is 0. The van der Waals surface area contributed by atoms with Crippen molar-refractivity contribution < 1.29 is 0 Å². The molecule has 0 saturated carbocycles. The second-order valence-corrected chi connectivity index (χ2v) is 35.8. The van der Waals surface area contributed by atoms with Crippen molar-refractivity contribution in [2.75, 3.05) is 14.7 Å². The molecule has 25 rings (SSSR count). The standard InChI is InChI=1S/C54H37N.C44H31N.C40H29N/c1-2-13-40(14-3-1)54-37-45(35-44-17-6-9-24-53(44)54)43-20-10-21-48(36-43)55(46-31-27-41(28-32-46)51-25-11-18-38-15-4-7-22-49(38)51)47-33-29-42(30-34-47)52-26-12-19-39-16-5-8-23-50(39)52;1-3-14-33(15-4-1)40-23-11-12-24-43(40)45(44-25-13-20-34-18-7-10-22-41(34)44)38-28-26-32(27-29-38)37-30-36-19-8-9-21-39(36)42(31-37)35-16-5-2-6-17-35;1-4-11-33(12-5-1)39-18-10-13-35-29-34(25-28-40(35)39)32-21-19-30(20-22-32)31-23-26-38(27-24-31)41(36-14-6-2-7-15-36)37-16-8-3-9-17-37/h1-37H;1-31H;1-29H. The summed E-state index contributed by atoms with van der Waals surface area (Å²) in [4.78, 5) is 7.07. The van der Waals surface area contributed by atoms with Gasteiger partial charge in [-0.25, -0.2) is 0 Å². The third-order valence-corrected chi connectivity index (χ3v) is 27.2. The fourth-order valence-corrected chi connectivity index (χ4v) is 20.2. The van der Waals surface area contributed by atoms with E-state index in [0.717, 1.165) is 51.2 Å². The number of anilines is 9. The average molecular weight is 1800 g/mol. The zero-order chi connectivity index (χ0) is 94.0. The molecule has 664 valence electrons. The van der Waals surface area contributed by atoms with Gasteiger partial charge in [-0.15, -0.1) is 0 Å². The minimum atomic E-state index is 1.10. The van der Waals surface area contributed by atoms with Gasteiger partial charge in [-0.2, -0.15) is 0 Å². The fraction of sp³-hybridized carbons (Fsp3) is 0. The Morgan fingerprint density at radius 2 is 0.319 bits per heavy atom. The number of para-hydroxylation sites is 3. The lowest BCUT2D eigenvalue weighted by Crippen LogP contribution is -2.11. The highest BCUT2D eigenvalue weighted by atomic mass is 15.2. The molecule has 0 saturated heterocycles. The van der Waals surface area contributed by atoms with Crippen LogP contribution in [-0.4, -0.2) is 0 Å². The molecule has 0 fully saturated rings. The quantitative estimate of drug-likeness (QED) is 0.0799. The number of hydrogen-bond acceptors (Lipinski definition) is 3. The van der Waals surface area contributed by atoms with Gasteiger partial charge in [0.15, 0.2) is 0 Å². The topological polar surface area (TPSA) is 9.72 Å². The van der Waals surface area contributed by atoms with Gasteiger partial charge in [-0.3, -0.25) is 0 Å². The highest BCUT2D eigenvalue weighted by Gasteiger charge is 2.23. The van der Waals surface area contributed by atoms with Crippen molar-refractivity contribution in [3.63, 3.8) is 0 Å². The van der Waals surface area contributed by atoms with Crippen LogP contribution < -0.4 is 14.7 Å². The third-order valence-electron chi connectivity index (χ3n) is 27.2. The maximum Gasteiger partial charge on any atom is 0.0540 e. The first-order chi connectivity index (χ1) is 69.9. The molecular formula is C138H97N3. The van der Waals surface area contributed by atoms with Gasteiger partial charge in [0.1, 0.15) is 0 Å². The molecule has 25 aromatic rings. The molecule has 25 aromatic carbocycles. The number of hydrogen-bond donors (Lipinski definition) is 0. The summed E-state index contributed by atoms with van der Waals surface area (Å²) in [5.74, 6) is 0. The van der Waals surface area contributed by atoms with Crippen LogP contribution in [0.25, 0.3) is 176 Å². The first kappa shape index (κ1) is 86.6. The van der Waals surface area contributed by atoms with Gasteiger partial charge in [0.2, 0.25) is 0 Å². The first-order valence-electron chi connectivity index (χ1n) is 48.4. The normalized spacial score (nSPS) is 11.1. The molecular weight excluding hydrogens is 1700 g/mol. The van der Waals surface area contributed by atoms with Gasteiger partial charge in [0, 0.05) is 50.8 Å². The maximum atomic E-state index is 2.41. The van der Waals surface area contributed by atoms with E-state index >= 15 is 0 Å². The summed E-state index contributed by atoms with van der Waals surface area (Å²) in [6.07, 6.45) is 0. The molecule has 0 aliphatic heterocycles. The van der Waals surface area contributed by atoms with Crippen LogP contribution in [0.5, 0.6) is 0 Å². The van der Waals surface area contributed by atoms with E-state index in [2.05, 4.69) is 603 Å². The third kappa shape index (κ3) is 18.2. The Morgan fingerprint density at radius 3 is 0.773 bits per heavy atom. The molecule has 141 heavy (non-hydrogen) atoms. The van der Waals surface area contributed by atoms with Crippen molar-refractivity contribution in [1.82, 2.24) is 0 Å². The number of nitrogens with zero attached hydrogens (tertiary/aromatic N) is 3. The van der Waals surface area contributed by atoms with E-state index in [-0.39, 0.29) is 0 Å². The summed E-state index contributed by atoms with van der Waals surface area (Å²) in [5, 5.41) is 15.0. The number of rotatable bonds is 19. The Morgan fingerprint density at radius 1 is 0.0922 bits per heavy atom. The predicted molar refractivity (Wildman–Crippen MR) is 603 cm³/mol. The Hall–Kier alpha value is -18.5. The highest BCUT2D eigenvalue weighted by Crippen LogP contribution is 2.48. The second kappa shape index (κ2) is 39.8. The van der Waals surface area contributed by atoms with Gasteiger partial charge in [0.25, 0.3) is 0 Å². The molecule has 0 heterocycles. The van der Waals surface area contributed by atoms with Crippen LogP contribution in [0.15, 0.2) is 588 Å². The zero-order valence-electron chi connectivity index (χ0n) is 77.8. The summed E-state index contributed by atoms with van der Waals surface area (Å²) < 4.78 is 0. The van der Waals surface area contributed by atoms with E-state index in [1.54, 1.807) is 0 Å². The smallest absolute Gasteiger partial charge is 0.0540 e. The molecule has 0 spiro atoms. The van der Waals surface area contributed by atoms with Gasteiger partial charge in [-0.1, -0.05) is 461 Å². The molecule has 0 aliphatic carbocycles. The van der Waals surface area contributed by atoms with Gasteiger partial charge < -0.3 is 14.7 Å². The highest BCUT2D eigenvalue weighted by molar-refractivity contribution is 6.06. The lowest BCUT2D eigenvalue weighted by molar-refractivity contribution is 1.28. The van der Waals surface area contributed by atoms with Gasteiger partial charge in [0.05, 0.1) is 11.4 Å². The van der Waals surface area contributed by atoms with Crippen molar-refractivity contribution >= 4 is 116 Å². The Labute approximate surface area is 824 Å². The molecule has 0 amide bonds. The van der Waals surface area contributed by atoms with Crippen molar-refractivity contribution in [2.24, 2.45) is 0 Å². The van der Waals surface area contributed by atoms with Crippen LogP contribution in [-0.2, 0) is 0 Å². The minimum absolute atomic E-state index is 1.10. The van der Waals surface area contributed by atoms with Crippen molar-refractivity contribution in [1.29, 1.82) is 0 Å². The van der Waals surface area contributed by atoms with Crippen LogP contribution in [0.3, 0.4) is 0 Å². The number of fused-ring (bicyclic) bond motifs is 6. The number of benzene rings is 25. The molecule has 0 aromatic heterocycles. The van der Waals surface area contributed by atoms with E-state index in [1.807, 2.05) is 0 Å². The predicted octanol–water partition coefficient (Wildman–Crippen LogP) is 39.1. The monoisotopic (exact) mass is 1800 g/mol. The Kier molecular flexibility index (Phi) is 24.4. The second-order valence-electron chi connectivity index (χ2n) is 35.8. The van der Waals surface area contributed by atoms with Crippen molar-refractivity contribution in [3.05, 3.63) is 588 Å². The fourth-order valence-electron chi connectivity index (χ4n) is 20.2. The molecule has 0 radical (unpaired) electrons. The largest absolute Gasteiger partial charge is 0.311 e. The van der Waals surface area contributed by atoms with Crippen LogP contribution in [0.1, 0.15) is 0 Å². The average Bonchev–Trinajstić information content (AvgIpc) is 0.766. The zero-order valence-corrected chi connectivity index (χ0v) is 77.8. The lowest BCUT2D eigenvalue weighted by Gasteiger charge is -2.29. The Balaban J connectivity index is 0.000000119. The van der Waals surface area contributed by atoms with E-state index in [4.69, 9.17) is 0 Å². The SMILES string of the molecule is c1ccc(-c2cc(-c3cccc(N(c4ccc(-c5cccc6ccccc56)cc4)c4ccc(-c5cccc6ccccc56)cc4)c3)cc3ccccc23)cc1.c1ccc(-c2cccc3cc(-c4ccc(-c5ccc(N(c6ccccc6)c6ccccc6)cc5)cc4)ccc23)cc1.c1ccc(-c2ccccc2N(c2ccc(-c3cc(-c4ccccc4)c4ccccc4c3)cc2)c2cccc3ccccc23)cc1. The molecule has 0 N–H and O–H groups in total. The van der Waals surface area contributed by atoms with Crippen LogP contribution in [0.4, 0.5) is 51.2 Å². The maximum absolute atomic E-state index is 2.41. The van der Waals surface area contributed by atoms with E-state index < -0.39 is 0 Å². The van der Waals surface area contributed by atoms with E-state index in [0.29, 0.717) is 0 Å². The summed E-state index contributed by atoms with van der Waals surface area (Å²) in [6, 6.07) is 212. The molecule has 0 unspecified atom stereocenters. The first-order valence-corrected chi connectivity index (χ1v) is 48.4. The molecule has 3 nitrogen and oxygen atoms in total. The van der Waals surface area contributed by atoms with Crippen LogP contribution >= 0.6 is 0 Å². The van der Waals surface area contributed by atoms with Crippen molar-refractivity contribution in [3.8, 4) is 111 Å². The summed E-state index contributed by atoms with van der Waals surface area (Å²) in [7, 11) is 0. The molecule has 0 aliphatic rings. The molecule has 0 bridgehead atoms. The summed E-state index contributed by atoms with van der Waals surface area (Å²) in [6.45, 7) is 0. The van der Waals surface area contributed by atoms with Gasteiger partial charge in [-0.05, 0) is 292 Å². The Bertz CT molecular complexity index is 8540. The molecule has 0 atom stereocenters. The lowest BCUT2D eigenvalue weighted by atomic mass is 9.93. The van der Waals surface area contributed by atoms with E-state index in [9.17, 15) is 0 Å². The van der Waals surface area contributed by atoms with Gasteiger partial charge >= 0.3 is 0 Å². The van der Waals surface area contributed by atoms with Crippen LogP contribution in [0, 0.1) is 0 Å². The summed E-state index contributed by atoms with van der Waals surface area (Å²) in [5.41, 5.74) is 34.5. The van der Waals surface area contributed by atoms with Crippen LogP contribution in [0.2, 0.25) is 0 Å².